The van der Waals surface area contributed by atoms with Gasteiger partial charge in [-0.25, -0.2) is 9.78 Å². The molecule has 0 aliphatic carbocycles. The van der Waals surface area contributed by atoms with E-state index in [9.17, 15) is 9.59 Å². The first-order chi connectivity index (χ1) is 8.63. The van der Waals surface area contributed by atoms with Gasteiger partial charge in [-0.05, 0) is 13.3 Å². The molecule has 1 aromatic heterocycles. The fourth-order valence-electron chi connectivity index (χ4n) is 1.36. The van der Waals surface area contributed by atoms with Gasteiger partial charge in [-0.2, -0.15) is 0 Å². The van der Waals surface area contributed by atoms with Gasteiger partial charge in [0.15, 0.2) is 0 Å². The van der Waals surface area contributed by atoms with Crippen molar-refractivity contribution in [3.63, 3.8) is 0 Å². The quantitative estimate of drug-likeness (QED) is 0.712. The topological polar surface area (TPSA) is 85.1 Å². The fraction of sp³-hybridized carbons (Fsp3) is 0.500. The molecule has 98 valence electrons. The first-order valence-electron chi connectivity index (χ1n) is 5.74. The van der Waals surface area contributed by atoms with Crippen molar-refractivity contribution in [1.82, 2.24) is 10.3 Å². The number of carbonyl (C=O) groups is 1. The molecule has 0 aliphatic rings. The Morgan fingerprint density at radius 3 is 3.06 bits per heavy atom. The molecule has 6 heteroatoms. The second-order valence-electron chi connectivity index (χ2n) is 4.01. The van der Waals surface area contributed by atoms with Gasteiger partial charge in [-0.15, -0.1) is 11.3 Å². The van der Waals surface area contributed by atoms with Crippen molar-refractivity contribution in [2.45, 2.75) is 32.2 Å². The Morgan fingerprint density at radius 1 is 1.67 bits per heavy atom. The van der Waals surface area contributed by atoms with Crippen LogP contribution in [0.25, 0.3) is 0 Å². The standard InChI is InChI=1S/C12H17N3O2S/c1-9(6-16)11(13)2-3-12(17)14-5-4-10-7-18-8-15-10/h7-8,11H,2-5,13H2,1H3,(H,14,17). The van der Waals surface area contributed by atoms with Gasteiger partial charge in [0.25, 0.3) is 0 Å². The first kappa shape index (κ1) is 14.6. The SMILES string of the molecule is CC(=C=O)C(N)CCC(=O)NCCc1cscn1. The summed E-state index contributed by atoms with van der Waals surface area (Å²) in [5.41, 5.74) is 8.89. The molecular weight excluding hydrogens is 250 g/mol. The van der Waals surface area contributed by atoms with Gasteiger partial charge < -0.3 is 11.1 Å². The number of carbonyl (C=O) groups excluding carboxylic acids is 2. The number of amides is 1. The third-order valence-electron chi connectivity index (χ3n) is 2.59. The van der Waals surface area contributed by atoms with Crippen molar-refractivity contribution in [3.05, 3.63) is 22.2 Å². The van der Waals surface area contributed by atoms with Crippen molar-refractivity contribution in [1.29, 1.82) is 0 Å². The van der Waals surface area contributed by atoms with Crippen molar-refractivity contribution in [2.75, 3.05) is 6.54 Å². The Kier molecular flexibility index (Phi) is 6.28. The zero-order valence-electron chi connectivity index (χ0n) is 10.3. The van der Waals surface area contributed by atoms with Crippen LogP contribution in [-0.2, 0) is 16.0 Å². The second kappa shape index (κ2) is 7.76. The summed E-state index contributed by atoms with van der Waals surface area (Å²) in [5, 5.41) is 4.75. The molecule has 3 N–H and O–H groups in total. The molecule has 0 aromatic carbocycles. The Balaban J connectivity index is 2.16. The highest BCUT2D eigenvalue weighted by atomic mass is 32.1. The zero-order valence-corrected chi connectivity index (χ0v) is 11.1. The normalized spacial score (nSPS) is 11.7. The van der Waals surface area contributed by atoms with E-state index in [1.807, 2.05) is 5.38 Å². The minimum absolute atomic E-state index is 0.0561. The second-order valence-corrected chi connectivity index (χ2v) is 4.73. The lowest BCUT2D eigenvalue weighted by Crippen LogP contribution is -2.29. The molecule has 1 heterocycles. The highest BCUT2D eigenvalue weighted by Crippen LogP contribution is 2.03. The van der Waals surface area contributed by atoms with E-state index in [4.69, 9.17) is 5.73 Å². The number of rotatable bonds is 7. The number of nitrogens with one attached hydrogen (secondary N) is 1. The fourth-order valence-corrected chi connectivity index (χ4v) is 1.95. The molecule has 1 rings (SSSR count). The zero-order chi connectivity index (χ0) is 13.4. The summed E-state index contributed by atoms with van der Waals surface area (Å²) in [6, 6.07) is -0.383. The molecule has 0 aliphatic heterocycles. The van der Waals surface area contributed by atoms with Crippen molar-refractivity contribution in [3.8, 4) is 0 Å². The lowest BCUT2D eigenvalue weighted by molar-refractivity contribution is -0.121. The minimum atomic E-state index is -0.383. The number of hydrogen-bond donors (Lipinski definition) is 2. The largest absolute Gasteiger partial charge is 0.356 e. The average Bonchev–Trinajstić information content (AvgIpc) is 2.88. The predicted molar refractivity (Wildman–Crippen MR) is 70.9 cm³/mol. The molecule has 0 radical (unpaired) electrons. The molecular formula is C12H17N3O2S. The molecule has 0 fully saturated rings. The Hall–Kier alpha value is -1.49. The Morgan fingerprint density at radius 2 is 2.44 bits per heavy atom. The van der Waals surface area contributed by atoms with E-state index in [-0.39, 0.29) is 11.9 Å². The van der Waals surface area contributed by atoms with E-state index in [2.05, 4.69) is 10.3 Å². The number of thiazole rings is 1. The van der Waals surface area contributed by atoms with Crippen molar-refractivity contribution < 1.29 is 9.59 Å². The van der Waals surface area contributed by atoms with Crippen LogP contribution in [0.1, 0.15) is 25.5 Å². The summed E-state index contributed by atoms with van der Waals surface area (Å²) >= 11 is 1.54. The minimum Gasteiger partial charge on any atom is -0.356 e. The number of nitrogens with two attached hydrogens (primary N) is 1. The van der Waals surface area contributed by atoms with Crippen LogP contribution in [0.4, 0.5) is 0 Å². The molecule has 18 heavy (non-hydrogen) atoms. The van der Waals surface area contributed by atoms with Crippen molar-refractivity contribution in [2.24, 2.45) is 5.73 Å². The lowest BCUT2D eigenvalue weighted by Gasteiger charge is -2.09. The highest BCUT2D eigenvalue weighted by Gasteiger charge is 2.09. The van der Waals surface area contributed by atoms with Gasteiger partial charge in [-0.3, -0.25) is 4.79 Å². The van der Waals surface area contributed by atoms with E-state index < -0.39 is 0 Å². The summed E-state index contributed by atoms with van der Waals surface area (Å²) in [5.74, 6) is 1.70. The number of aromatic nitrogens is 1. The molecule has 0 bridgehead atoms. The molecule has 0 saturated heterocycles. The maximum absolute atomic E-state index is 11.5. The monoisotopic (exact) mass is 267 g/mol. The van der Waals surface area contributed by atoms with E-state index >= 15 is 0 Å². The van der Waals surface area contributed by atoms with Crippen LogP contribution in [0, 0.1) is 0 Å². The molecule has 1 aromatic rings. The van der Waals surface area contributed by atoms with E-state index in [1.165, 1.54) is 11.3 Å². The van der Waals surface area contributed by atoms with Gasteiger partial charge in [0.2, 0.25) is 5.91 Å². The van der Waals surface area contributed by atoms with E-state index in [0.717, 1.165) is 12.1 Å². The van der Waals surface area contributed by atoms with Gasteiger partial charge in [0, 0.05) is 36.4 Å². The lowest BCUT2D eigenvalue weighted by atomic mass is 10.1. The molecule has 0 spiro atoms. The summed E-state index contributed by atoms with van der Waals surface area (Å²) in [6.07, 6.45) is 1.51. The summed E-state index contributed by atoms with van der Waals surface area (Å²) < 4.78 is 0. The summed E-state index contributed by atoms with van der Waals surface area (Å²) in [4.78, 5) is 26.0. The van der Waals surface area contributed by atoms with Gasteiger partial charge in [0.05, 0.1) is 11.2 Å². The Bertz CT molecular complexity index is 425. The smallest absolute Gasteiger partial charge is 0.220 e. The molecule has 1 atom stereocenters. The number of hydrogen-bond acceptors (Lipinski definition) is 5. The van der Waals surface area contributed by atoms with Crippen LogP contribution in [0.15, 0.2) is 16.5 Å². The highest BCUT2D eigenvalue weighted by molar-refractivity contribution is 7.07. The van der Waals surface area contributed by atoms with Crippen molar-refractivity contribution >= 4 is 23.2 Å². The summed E-state index contributed by atoms with van der Waals surface area (Å²) in [7, 11) is 0. The third-order valence-corrected chi connectivity index (χ3v) is 3.22. The number of nitrogens with zero attached hydrogens (tertiary/aromatic N) is 1. The maximum Gasteiger partial charge on any atom is 0.220 e. The van der Waals surface area contributed by atoms with Crippen LogP contribution < -0.4 is 11.1 Å². The van der Waals surface area contributed by atoms with Crippen LogP contribution in [-0.4, -0.2) is 29.4 Å². The van der Waals surface area contributed by atoms with Crippen LogP contribution in [0.2, 0.25) is 0 Å². The molecule has 1 unspecified atom stereocenters. The summed E-state index contributed by atoms with van der Waals surface area (Å²) in [6.45, 7) is 2.19. The molecule has 5 nitrogen and oxygen atoms in total. The van der Waals surface area contributed by atoms with E-state index in [1.54, 1.807) is 18.4 Å². The van der Waals surface area contributed by atoms with Gasteiger partial charge in [0.1, 0.15) is 5.94 Å². The van der Waals surface area contributed by atoms with Gasteiger partial charge >= 0.3 is 0 Å². The molecule has 1 amide bonds. The Labute approximate surface area is 110 Å². The third kappa shape index (κ3) is 5.23. The van der Waals surface area contributed by atoms with Crippen LogP contribution in [0.3, 0.4) is 0 Å². The maximum atomic E-state index is 11.5. The van der Waals surface area contributed by atoms with Crippen LogP contribution in [0.5, 0.6) is 0 Å². The predicted octanol–water partition coefficient (Wildman–Crippen LogP) is 0.687. The van der Waals surface area contributed by atoms with Crippen LogP contribution >= 0.6 is 11.3 Å². The van der Waals surface area contributed by atoms with Gasteiger partial charge in [-0.1, -0.05) is 0 Å². The first-order valence-corrected chi connectivity index (χ1v) is 6.68. The molecule has 0 saturated carbocycles. The average molecular weight is 267 g/mol. The van der Waals surface area contributed by atoms with E-state index in [0.29, 0.717) is 25.0 Å².